The third-order valence-electron chi connectivity index (χ3n) is 12.7. The number of ether oxygens (including phenoxy) is 4. The lowest BCUT2D eigenvalue weighted by Gasteiger charge is -2.39. The summed E-state index contributed by atoms with van der Waals surface area (Å²) >= 11 is 0. The van der Waals surface area contributed by atoms with Crippen LogP contribution in [0.3, 0.4) is 0 Å². The van der Waals surface area contributed by atoms with Crippen LogP contribution in [0.25, 0.3) is 10.8 Å². The molecule has 1 saturated heterocycles. The van der Waals surface area contributed by atoms with Crippen LogP contribution in [-0.4, -0.2) is 125 Å². The molecule has 16 nitrogen and oxygen atoms in total. The van der Waals surface area contributed by atoms with Crippen molar-refractivity contribution >= 4 is 44.6 Å². The molecule has 7 atom stereocenters. The van der Waals surface area contributed by atoms with E-state index < -0.39 is 98.4 Å². The molecule has 1 aromatic heterocycles. The number of nitrogens with zero attached hydrogens (tertiary/aromatic N) is 3. The Bertz CT molecular complexity index is 2240. The molecule has 3 N–H and O–H groups in total. The van der Waals surface area contributed by atoms with E-state index in [0.29, 0.717) is 66.6 Å². The lowest BCUT2D eigenvalue weighted by atomic mass is 9.95. The highest BCUT2D eigenvalue weighted by atomic mass is 32.2. The summed E-state index contributed by atoms with van der Waals surface area (Å²) < 4.78 is 86.5. The maximum absolute atomic E-state index is 17.7. The first-order valence-electron chi connectivity index (χ1n) is 20.3. The number of amides is 4. The highest BCUT2D eigenvalue weighted by Gasteiger charge is 2.72. The summed E-state index contributed by atoms with van der Waals surface area (Å²) in [4.78, 5) is 62.5. The third-order valence-corrected chi connectivity index (χ3v) is 14.8. The predicted octanol–water partition coefficient (Wildman–Crippen LogP) is 4.33. The van der Waals surface area contributed by atoms with Gasteiger partial charge in [-0.15, -0.1) is 0 Å². The van der Waals surface area contributed by atoms with Gasteiger partial charge in [-0.05, 0) is 110 Å². The number of aromatic nitrogens is 1. The first-order chi connectivity index (χ1) is 28.1. The number of benzene rings is 1. The number of carboxylic acid groups (broad SMARTS) is 1. The number of sulfonamides is 1. The first kappa shape index (κ1) is 43.3. The van der Waals surface area contributed by atoms with E-state index in [1.807, 2.05) is 0 Å². The van der Waals surface area contributed by atoms with Gasteiger partial charge < -0.3 is 34.3 Å². The topological polar surface area (TPSA) is 203 Å². The van der Waals surface area contributed by atoms with Crippen LogP contribution < -0.4 is 24.2 Å². The van der Waals surface area contributed by atoms with Crippen LogP contribution in [0.4, 0.5) is 13.6 Å². The normalized spacial score (nSPS) is 31.6. The van der Waals surface area contributed by atoms with Crippen molar-refractivity contribution in [2.75, 3.05) is 20.3 Å². The lowest BCUT2D eigenvalue weighted by Crippen LogP contribution is -2.64. The van der Waals surface area contributed by atoms with Crippen molar-refractivity contribution in [3.8, 4) is 17.5 Å². The Hall–Kier alpha value is -4.78. The van der Waals surface area contributed by atoms with Crippen molar-refractivity contribution in [1.29, 1.82) is 0 Å². The summed E-state index contributed by atoms with van der Waals surface area (Å²) in [6, 6.07) is -0.347. The van der Waals surface area contributed by atoms with Crippen LogP contribution in [0, 0.1) is 5.92 Å². The average Bonchev–Trinajstić information content (AvgIpc) is 4.08. The molecule has 3 aliphatic heterocycles. The van der Waals surface area contributed by atoms with E-state index in [1.54, 1.807) is 37.3 Å². The average molecular weight is 862 g/mol. The van der Waals surface area contributed by atoms with Crippen molar-refractivity contribution in [1.82, 2.24) is 24.8 Å². The highest BCUT2D eigenvalue weighted by molar-refractivity contribution is 7.91. The molecule has 328 valence electrons. The predicted molar refractivity (Wildman–Crippen MR) is 212 cm³/mol. The van der Waals surface area contributed by atoms with E-state index in [1.165, 1.54) is 34.8 Å². The minimum absolute atomic E-state index is 0.117. The number of carbonyl (C=O) groups is 4. The van der Waals surface area contributed by atoms with Crippen LogP contribution >= 0.6 is 0 Å². The zero-order valence-electron chi connectivity index (χ0n) is 34.8. The monoisotopic (exact) mass is 861 g/mol. The van der Waals surface area contributed by atoms with Crippen LogP contribution in [0.2, 0.25) is 0 Å². The standard InChI is InChI=1S/C41H53F2N5O11S/c1-22(2)48(37(52)53)30-24(4)58-23(3)11-8-9-12-25-20-40(25,36(51)46-60(54,55)38(5)16-17-38)45-32(49)31-41(42,43)39(6,21-47(31)35(30)50)59-34-28-15-14-26(56-7)19-29(28)27-13-10-18-57-33(27)44-34/h9,12,14-15,19,22-25,30-31H,8,10-11,13,16-18,20-21H2,1-7H3,(H,45,49)(H,46,51)(H,52,53)/b12-9-/t23-,24+,25-,30+,31+,39-,40-/m1/s1. The summed E-state index contributed by atoms with van der Waals surface area (Å²) in [5, 5.41) is 13.8. The molecule has 0 radical (unpaired) electrons. The maximum Gasteiger partial charge on any atom is 0.408 e. The van der Waals surface area contributed by atoms with Gasteiger partial charge in [0, 0.05) is 22.9 Å². The van der Waals surface area contributed by atoms with Gasteiger partial charge in [0.25, 0.3) is 5.91 Å². The molecule has 19 heteroatoms. The molecule has 0 bridgehead atoms. The summed E-state index contributed by atoms with van der Waals surface area (Å²) in [6.45, 7) is 8.09. The van der Waals surface area contributed by atoms with Gasteiger partial charge in [0.15, 0.2) is 11.6 Å². The number of allylic oxidation sites excluding steroid dienone is 1. The van der Waals surface area contributed by atoms with Crippen LogP contribution in [-0.2, 0) is 35.6 Å². The number of halogens is 2. The fourth-order valence-corrected chi connectivity index (χ4v) is 9.95. The number of aryl methyl sites for hydroxylation is 1. The fraction of sp³-hybridized carbons (Fsp3) is 0.634. The molecule has 0 unspecified atom stereocenters. The van der Waals surface area contributed by atoms with Gasteiger partial charge in [0.2, 0.25) is 33.6 Å². The minimum atomic E-state index is -4.27. The Morgan fingerprint density at radius 2 is 1.87 bits per heavy atom. The molecule has 0 spiro atoms. The van der Waals surface area contributed by atoms with Crippen molar-refractivity contribution in [3.63, 3.8) is 0 Å². The smallest absolute Gasteiger partial charge is 0.408 e. The van der Waals surface area contributed by atoms with Crippen LogP contribution in [0.1, 0.15) is 85.6 Å². The number of rotatable bonds is 8. The summed E-state index contributed by atoms with van der Waals surface area (Å²) in [5.74, 6) is -8.42. The maximum atomic E-state index is 17.7. The second kappa shape index (κ2) is 15.3. The van der Waals surface area contributed by atoms with Crippen molar-refractivity contribution in [2.24, 2.45) is 5.92 Å². The van der Waals surface area contributed by atoms with Crippen molar-refractivity contribution < 1.29 is 60.4 Å². The Morgan fingerprint density at radius 3 is 2.52 bits per heavy atom. The largest absolute Gasteiger partial charge is 0.497 e. The van der Waals surface area contributed by atoms with E-state index in [9.17, 15) is 27.9 Å². The van der Waals surface area contributed by atoms with Gasteiger partial charge in [-0.2, -0.15) is 13.8 Å². The minimum Gasteiger partial charge on any atom is -0.497 e. The SMILES string of the molecule is COc1ccc2c(O[C@]3(C)CN4C(=O)[C@@H](N(C(=O)O)C(C)C)[C@H](C)O[C@H](C)CC/C=C\[C@@H]5C[C@@]5(C(=O)NS(=O)(=O)C5(C)CC5)NC(=O)[C@H]4C3(F)F)nc3c(c2c1)CCCO3. The van der Waals surface area contributed by atoms with Gasteiger partial charge in [-0.3, -0.25) is 24.0 Å². The Balaban J connectivity index is 1.35. The Kier molecular flexibility index (Phi) is 11.0. The lowest BCUT2D eigenvalue weighted by molar-refractivity contribution is -0.164. The Labute approximate surface area is 347 Å². The molecule has 2 saturated carbocycles. The van der Waals surface area contributed by atoms with E-state index in [0.717, 1.165) is 17.4 Å². The second-order valence-electron chi connectivity index (χ2n) is 17.4. The molecule has 60 heavy (non-hydrogen) atoms. The summed E-state index contributed by atoms with van der Waals surface area (Å²) in [6.07, 6.45) is 2.60. The van der Waals surface area contributed by atoms with Crippen molar-refractivity contribution in [2.45, 2.75) is 139 Å². The van der Waals surface area contributed by atoms with Crippen LogP contribution in [0.15, 0.2) is 30.4 Å². The van der Waals surface area contributed by atoms with Gasteiger partial charge in [-0.1, -0.05) is 12.2 Å². The summed E-state index contributed by atoms with van der Waals surface area (Å²) in [7, 11) is -2.74. The van der Waals surface area contributed by atoms with Gasteiger partial charge in [0.1, 0.15) is 17.3 Å². The molecular weight excluding hydrogens is 809 g/mol. The van der Waals surface area contributed by atoms with E-state index in [-0.39, 0.29) is 18.2 Å². The zero-order valence-corrected chi connectivity index (χ0v) is 35.6. The molecule has 1 aromatic carbocycles. The second-order valence-corrected chi connectivity index (χ2v) is 19.6. The molecule has 4 heterocycles. The number of carbonyl (C=O) groups excluding carboxylic acids is 3. The van der Waals surface area contributed by atoms with E-state index >= 15 is 13.6 Å². The summed E-state index contributed by atoms with van der Waals surface area (Å²) in [5.41, 5.74) is -3.96. The Morgan fingerprint density at radius 1 is 1.15 bits per heavy atom. The number of fused-ring (bicyclic) bond motifs is 5. The van der Waals surface area contributed by atoms with Gasteiger partial charge in [-0.25, -0.2) is 13.2 Å². The number of alkyl halides is 2. The van der Waals surface area contributed by atoms with Gasteiger partial charge in [0.05, 0.1) is 37.2 Å². The third kappa shape index (κ3) is 7.38. The number of hydrogen-bond acceptors (Lipinski definition) is 11. The molecule has 2 aromatic rings. The van der Waals surface area contributed by atoms with E-state index in [4.69, 9.17) is 18.9 Å². The van der Waals surface area contributed by atoms with Crippen molar-refractivity contribution in [3.05, 3.63) is 35.9 Å². The molecular formula is C41H53F2N5O11S. The molecule has 2 aliphatic carbocycles. The number of methoxy groups -OCH3 is 1. The molecule has 3 fully saturated rings. The zero-order chi connectivity index (χ0) is 43.7. The first-order valence-corrected chi connectivity index (χ1v) is 21.8. The number of pyridine rings is 1. The number of hydrogen-bond donors (Lipinski definition) is 3. The van der Waals surface area contributed by atoms with E-state index in [2.05, 4.69) is 15.0 Å². The fourth-order valence-electron chi connectivity index (χ4n) is 8.64. The molecule has 5 aliphatic rings. The number of nitrogens with one attached hydrogen (secondary N) is 2. The molecule has 7 rings (SSSR count). The highest BCUT2D eigenvalue weighted by Crippen LogP contribution is 2.51. The van der Waals surface area contributed by atoms with Crippen LogP contribution in [0.5, 0.6) is 17.5 Å². The molecule has 4 amide bonds. The van der Waals surface area contributed by atoms with Gasteiger partial charge >= 0.3 is 12.0 Å². The quantitative estimate of drug-likeness (QED) is 0.318.